The number of rotatable bonds is 5. The van der Waals surface area contributed by atoms with Crippen molar-refractivity contribution in [1.29, 1.82) is 0 Å². The fourth-order valence-corrected chi connectivity index (χ4v) is 3.43. The summed E-state index contributed by atoms with van der Waals surface area (Å²) in [4.78, 5) is 4.58. The molecule has 0 aliphatic carbocycles. The maximum atomic E-state index is 5.94. The summed E-state index contributed by atoms with van der Waals surface area (Å²) in [6.07, 6.45) is 1.06. The van der Waals surface area contributed by atoms with Crippen LogP contribution in [-0.2, 0) is 6.54 Å². The summed E-state index contributed by atoms with van der Waals surface area (Å²) < 4.78 is 5.94. The molecule has 0 radical (unpaired) electrons. The zero-order chi connectivity index (χ0) is 17.9. The summed E-state index contributed by atoms with van der Waals surface area (Å²) in [6.45, 7) is 2.99. The first-order valence-corrected chi connectivity index (χ1v) is 9.06. The van der Waals surface area contributed by atoms with Gasteiger partial charge in [0, 0.05) is 38.4 Å². The lowest BCUT2D eigenvalue weighted by Crippen LogP contribution is -2.20. The first kappa shape index (κ1) is 16.8. The standard InChI is InChI=1S/C21H24N4O/c1-24(2)19-10-8-16(9-11-19)14-25-13-12-18(15-25)21-23-22-20(26-21)17-6-4-3-5-7-17/h3-11,18H,12-15H2,1-2H3/t18-/m0/s1. The van der Waals surface area contributed by atoms with E-state index in [9.17, 15) is 0 Å². The van der Waals surface area contributed by atoms with Crippen LogP contribution in [0.3, 0.4) is 0 Å². The van der Waals surface area contributed by atoms with Crippen molar-refractivity contribution in [3.63, 3.8) is 0 Å². The van der Waals surface area contributed by atoms with E-state index in [4.69, 9.17) is 4.42 Å². The number of nitrogens with zero attached hydrogens (tertiary/aromatic N) is 4. The second-order valence-electron chi connectivity index (χ2n) is 7.09. The quantitative estimate of drug-likeness (QED) is 0.702. The van der Waals surface area contributed by atoms with Gasteiger partial charge in [0.05, 0.1) is 5.92 Å². The molecule has 1 atom stereocenters. The molecule has 0 spiro atoms. The van der Waals surface area contributed by atoms with Crippen LogP contribution in [0.25, 0.3) is 11.5 Å². The van der Waals surface area contributed by atoms with Gasteiger partial charge in [0.1, 0.15) is 0 Å². The smallest absolute Gasteiger partial charge is 0.247 e. The van der Waals surface area contributed by atoms with Crippen molar-refractivity contribution in [3.8, 4) is 11.5 Å². The van der Waals surface area contributed by atoms with Crippen LogP contribution in [0.4, 0.5) is 5.69 Å². The molecule has 4 rings (SSSR count). The normalized spacial score (nSPS) is 17.5. The molecular weight excluding hydrogens is 324 g/mol. The molecule has 2 heterocycles. The largest absolute Gasteiger partial charge is 0.420 e. The van der Waals surface area contributed by atoms with E-state index in [1.54, 1.807) is 0 Å². The van der Waals surface area contributed by atoms with Crippen LogP contribution in [0.2, 0.25) is 0 Å². The van der Waals surface area contributed by atoms with Crippen LogP contribution in [0, 0.1) is 0 Å². The number of hydrogen-bond acceptors (Lipinski definition) is 5. The molecule has 134 valence electrons. The fourth-order valence-electron chi connectivity index (χ4n) is 3.43. The Bertz CT molecular complexity index is 842. The number of likely N-dealkylation sites (tertiary alicyclic amines) is 1. The SMILES string of the molecule is CN(C)c1ccc(CN2CC[C@H](c3nnc(-c4ccccc4)o3)C2)cc1. The molecule has 0 unspecified atom stereocenters. The van der Waals surface area contributed by atoms with E-state index in [0.717, 1.165) is 37.5 Å². The van der Waals surface area contributed by atoms with Gasteiger partial charge < -0.3 is 9.32 Å². The molecule has 0 N–H and O–H groups in total. The highest BCUT2D eigenvalue weighted by Crippen LogP contribution is 2.29. The molecule has 1 aromatic heterocycles. The summed E-state index contributed by atoms with van der Waals surface area (Å²) >= 11 is 0. The third-order valence-corrected chi connectivity index (χ3v) is 4.94. The van der Waals surface area contributed by atoms with Gasteiger partial charge in [-0.3, -0.25) is 4.90 Å². The third-order valence-electron chi connectivity index (χ3n) is 4.94. The first-order chi connectivity index (χ1) is 12.7. The zero-order valence-electron chi connectivity index (χ0n) is 15.3. The molecule has 0 amide bonds. The van der Waals surface area contributed by atoms with Crippen molar-refractivity contribution in [2.45, 2.75) is 18.9 Å². The molecule has 0 saturated carbocycles. The van der Waals surface area contributed by atoms with Crippen molar-refractivity contribution < 1.29 is 4.42 Å². The molecule has 1 fully saturated rings. The highest BCUT2D eigenvalue weighted by atomic mass is 16.4. The van der Waals surface area contributed by atoms with Crippen LogP contribution in [0.5, 0.6) is 0 Å². The van der Waals surface area contributed by atoms with E-state index in [1.165, 1.54) is 11.3 Å². The molecule has 2 aromatic carbocycles. The van der Waals surface area contributed by atoms with Crippen LogP contribution >= 0.6 is 0 Å². The average Bonchev–Trinajstić information content (AvgIpc) is 3.32. The maximum absolute atomic E-state index is 5.94. The van der Waals surface area contributed by atoms with Gasteiger partial charge in [-0.15, -0.1) is 10.2 Å². The Morgan fingerprint density at radius 1 is 1.04 bits per heavy atom. The van der Waals surface area contributed by atoms with Gasteiger partial charge in [-0.25, -0.2) is 0 Å². The van der Waals surface area contributed by atoms with Crippen LogP contribution < -0.4 is 4.90 Å². The lowest BCUT2D eigenvalue weighted by molar-refractivity contribution is 0.320. The summed E-state index contributed by atoms with van der Waals surface area (Å²) in [5.41, 5.74) is 3.54. The Balaban J connectivity index is 1.39. The molecule has 3 aromatic rings. The second kappa shape index (κ2) is 7.30. The van der Waals surface area contributed by atoms with Crippen LogP contribution in [0.1, 0.15) is 23.8 Å². The van der Waals surface area contributed by atoms with Crippen molar-refractivity contribution in [3.05, 3.63) is 66.1 Å². The van der Waals surface area contributed by atoms with Crippen molar-refractivity contribution >= 4 is 5.69 Å². The summed E-state index contributed by atoms with van der Waals surface area (Å²) in [5, 5.41) is 8.52. The van der Waals surface area contributed by atoms with Gasteiger partial charge in [-0.2, -0.15) is 0 Å². The average molecular weight is 348 g/mol. The number of anilines is 1. The number of hydrogen-bond donors (Lipinski definition) is 0. The van der Waals surface area contributed by atoms with Gasteiger partial charge >= 0.3 is 0 Å². The molecule has 5 nitrogen and oxygen atoms in total. The minimum atomic E-state index is 0.320. The lowest BCUT2D eigenvalue weighted by Gasteiger charge is -2.17. The molecule has 0 bridgehead atoms. The Hall–Kier alpha value is -2.66. The van der Waals surface area contributed by atoms with E-state index < -0.39 is 0 Å². The van der Waals surface area contributed by atoms with Gasteiger partial charge in [0.15, 0.2) is 0 Å². The van der Waals surface area contributed by atoms with Crippen molar-refractivity contribution in [2.75, 3.05) is 32.1 Å². The summed E-state index contributed by atoms with van der Waals surface area (Å²) in [7, 11) is 4.13. The fraction of sp³-hybridized carbons (Fsp3) is 0.333. The van der Waals surface area contributed by atoms with Gasteiger partial charge in [-0.1, -0.05) is 30.3 Å². The molecule has 5 heteroatoms. The molecule has 1 aliphatic heterocycles. The van der Waals surface area contributed by atoms with E-state index in [2.05, 4.69) is 58.4 Å². The summed E-state index contributed by atoms with van der Waals surface area (Å²) in [5.74, 6) is 1.69. The minimum Gasteiger partial charge on any atom is -0.420 e. The third kappa shape index (κ3) is 3.63. The lowest BCUT2D eigenvalue weighted by atomic mass is 10.1. The Morgan fingerprint density at radius 3 is 2.54 bits per heavy atom. The Labute approximate surface area is 154 Å². The van der Waals surface area contributed by atoms with Gasteiger partial charge in [0.2, 0.25) is 11.8 Å². The minimum absolute atomic E-state index is 0.320. The van der Waals surface area contributed by atoms with Gasteiger partial charge in [0.25, 0.3) is 0 Å². The topological polar surface area (TPSA) is 45.4 Å². The highest BCUT2D eigenvalue weighted by molar-refractivity contribution is 5.51. The van der Waals surface area contributed by atoms with E-state index in [1.807, 2.05) is 30.3 Å². The predicted molar refractivity (Wildman–Crippen MR) is 103 cm³/mol. The van der Waals surface area contributed by atoms with Crippen LogP contribution in [-0.4, -0.2) is 42.3 Å². The number of benzene rings is 2. The molecule has 26 heavy (non-hydrogen) atoms. The monoisotopic (exact) mass is 348 g/mol. The zero-order valence-corrected chi connectivity index (χ0v) is 15.3. The Morgan fingerprint density at radius 2 is 1.81 bits per heavy atom. The van der Waals surface area contributed by atoms with Crippen molar-refractivity contribution in [1.82, 2.24) is 15.1 Å². The van der Waals surface area contributed by atoms with Crippen molar-refractivity contribution in [2.24, 2.45) is 0 Å². The summed E-state index contributed by atoms with van der Waals surface area (Å²) in [6, 6.07) is 18.7. The predicted octanol–water partition coefficient (Wildman–Crippen LogP) is 3.79. The second-order valence-corrected chi connectivity index (χ2v) is 7.09. The van der Waals surface area contributed by atoms with Crippen LogP contribution in [0.15, 0.2) is 59.0 Å². The Kier molecular flexibility index (Phi) is 4.71. The highest BCUT2D eigenvalue weighted by Gasteiger charge is 2.28. The van der Waals surface area contributed by atoms with E-state index in [-0.39, 0.29) is 0 Å². The molecule has 1 saturated heterocycles. The maximum Gasteiger partial charge on any atom is 0.247 e. The molecule has 1 aliphatic rings. The van der Waals surface area contributed by atoms with E-state index >= 15 is 0 Å². The number of aromatic nitrogens is 2. The van der Waals surface area contributed by atoms with Gasteiger partial charge in [-0.05, 0) is 42.8 Å². The van der Waals surface area contributed by atoms with E-state index in [0.29, 0.717) is 11.8 Å². The first-order valence-electron chi connectivity index (χ1n) is 9.06. The molecular formula is C21H24N4O.